The smallest absolute Gasteiger partial charge is 0.326 e. The Bertz CT molecular complexity index is 520. The number of carbonyl (C=O) groups is 3. The van der Waals surface area contributed by atoms with Crippen molar-refractivity contribution in [3.63, 3.8) is 0 Å². The molecule has 0 aliphatic rings. The maximum absolute atomic E-state index is 11.7. The molecule has 1 atom stereocenters. The van der Waals surface area contributed by atoms with E-state index in [1.165, 1.54) is 11.8 Å². The lowest BCUT2D eigenvalue weighted by molar-refractivity contribution is -0.145. The number of para-hydroxylation sites is 1. The predicted octanol–water partition coefficient (Wildman–Crippen LogP) is 1.46. The van der Waals surface area contributed by atoms with Crippen molar-refractivity contribution in [3.05, 3.63) is 24.3 Å². The molecule has 2 amide bonds. The van der Waals surface area contributed by atoms with Gasteiger partial charge in [0.05, 0.1) is 12.1 Å². The molecule has 0 bridgehead atoms. The minimum atomic E-state index is -1.48. The van der Waals surface area contributed by atoms with E-state index in [9.17, 15) is 14.4 Å². The third kappa shape index (κ3) is 4.81. The highest BCUT2D eigenvalue weighted by Crippen LogP contribution is 2.24. The molecule has 0 saturated carbocycles. The van der Waals surface area contributed by atoms with Gasteiger partial charge in [-0.2, -0.15) is 0 Å². The van der Waals surface area contributed by atoms with Gasteiger partial charge in [-0.1, -0.05) is 12.1 Å². The summed E-state index contributed by atoms with van der Waals surface area (Å²) in [6.45, 7) is 0. The van der Waals surface area contributed by atoms with Crippen LogP contribution in [0.3, 0.4) is 0 Å². The van der Waals surface area contributed by atoms with Crippen LogP contribution in [0.5, 0.6) is 0 Å². The first-order valence-electron chi connectivity index (χ1n) is 5.59. The highest BCUT2D eigenvalue weighted by molar-refractivity contribution is 7.98. The number of carboxylic acids is 2. The Morgan fingerprint density at radius 1 is 1.25 bits per heavy atom. The molecule has 0 aliphatic heterocycles. The lowest BCUT2D eigenvalue weighted by atomic mass is 10.2. The number of aliphatic carboxylic acids is 2. The van der Waals surface area contributed by atoms with Crippen LogP contribution in [0.4, 0.5) is 10.5 Å². The summed E-state index contributed by atoms with van der Waals surface area (Å²) in [4.78, 5) is 33.9. The van der Waals surface area contributed by atoms with E-state index in [-0.39, 0.29) is 0 Å². The topological polar surface area (TPSA) is 116 Å². The average molecular weight is 298 g/mol. The number of nitrogens with one attached hydrogen (secondary N) is 2. The molecule has 0 radical (unpaired) electrons. The van der Waals surface area contributed by atoms with Gasteiger partial charge in [-0.25, -0.2) is 9.59 Å². The lowest BCUT2D eigenvalue weighted by Crippen LogP contribution is -2.44. The average Bonchev–Trinajstić information content (AvgIpc) is 2.37. The summed E-state index contributed by atoms with van der Waals surface area (Å²) in [6.07, 6.45) is 1.15. The number of urea groups is 1. The molecular weight excluding hydrogens is 284 g/mol. The molecular formula is C12H14N2O5S. The van der Waals surface area contributed by atoms with E-state index >= 15 is 0 Å². The van der Waals surface area contributed by atoms with Crippen LogP contribution in [0.25, 0.3) is 0 Å². The summed E-state index contributed by atoms with van der Waals surface area (Å²) in [5.41, 5.74) is 0.525. The molecule has 7 nitrogen and oxygen atoms in total. The van der Waals surface area contributed by atoms with Crippen molar-refractivity contribution in [2.24, 2.45) is 0 Å². The molecule has 20 heavy (non-hydrogen) atoms. The van der Waals surface area contributed by atoms with Crippen molar-refractivity contribution in [1.82, 2.24) is 5.32 Å². The highest BCUT2D eigenvalue weighted by Gasteiger charge is 2.23. The highest BCUT2D eigenvalue weighted by atomic mass is 32.2. The first kappa shape index (κ1) is 15.8. The lowest BCUT2D eigenvalue weighted by Gasteiger charge is -2.14. The van der Waals surface area contributed by atoms with E-state index in [2.05, 4.69) is 10.6 Å². The molecule has 0 heterocycles. The molecule has 0 spiro atoms. The van der Waals surface area contributed by atoms with Crippen LogP contribution in [-0.2, 0) is 9.59 Å². The zero-order chi connectivity index (χ0) is 15.1. The van der Waals surface area contributed by atoms with Crippen LogP contribution in [0, 0.1) is 0 Å². The van der Waals surface area contributed by atoms with Crippen molar-refractivity contribution < 1.29 is 24.6 Å². The number of hydrogen-bond acceptors (Lipinski definition) is 4. The van der Waals surface area contributed by atoms with Crippen molar-refractivity contribution >= 4 is 35.4 Å². The van der Waals surface area contributed by atoms with Gasteiger partial charge in [-0.05, 0) is 18.4 Å². The van der Waals surface area contributed by atoms with Crippen molar-refractivity contribution in [1.29, 1.82) is 0 Å². The van der Waals surface area contributed by atoms with Crippen molar-refractivity contribution in [2.75, 3.05) is 11.6 Å². The molecule has 0 aromatic heterocycles. The minimum absolute atomic E-state index is 0.525. The van der Waals surface area contributed by atoms with E-state index in [0.717, 1.165) is 4.90 Å². The number of carboxylic acid groups (broad SMARTS) is 2. The van der Waals surface area contributed by atoms with Crippen molar-refractivity contribution in [3.8, 4) is 0 Å². The summed E-state index contributed by atoms with van der Waals surface area (Å²) in [6, 6.07) is 4.75. The zero-order valence-electron chi connectivity index (χ0n) is 10.6. The van der Waals surface area contributed by atoms with Gasteiger partial charge in [-0.15, -0.1) is 11.8 Å². The first-order chi connectivity index (χ1) is 9.43. The van der Waals surface area contributed by atoms with Gasteiger partial charge in [0.1, 0.15) is 6.04 Å². The summed E-state index contributed by atoms with van der Waals surface area (Å²) < 4.78 is 0. The molecule has 0 aliphatic carbocycles. The summed E-state index contributed by atoms with van der Waals surface area (Å²) in [5, 5.41) is 22.0. The largest absolute Gasteiger partial charge is 0.481 e. The van der Waals surface area contributed by atoms with Gasteiger partial charge in [0.2, 0.25) is 0 Å². The fraction of sp³-hybridized carbons (Fsp3) is 0.250. The number of amides is 2. The Morgan fingerprint density at radius 3 is 2.45 bits per heavy atom. The zero-order valence-corrected chi connectivity index (χ0v) is 11.4. The monoisotopic (exact) mass is 298 g/mol. The summed E-state index contributed by atoms with van der Waals surface area (Å²) in [5.74, 6) is -2.71. The van der Waals surface area contributed by atoms with E-state index in [1.807, 2.05) is 6.26 Å². The maximum atomic E-state index is 11.7. The number of hydrogen-bond donors (Lipinski definition) is 4. The molecule has 0 saturated heterocycles. The van der Waals surface area contributed by atoms with Gasteiger partial charge in [0.25, 0.3) is 0 Å². The van der Waals surface area contributed by atoms with Gasteiger partial charge in [0, 0.05) is 4.90 Å². The Morgan fingerprint density at radius 2 is 1.90 bits per heavy atom. The normalized spacial score (nSPS) is 11.4. The molecule has 0 fully saturated rings. The Balaban J connectivity index is 2.70. The molecule has 8 heteroatoms. The predicted molar refractivity (Wildman–Crippen MR) is 74.1 cm³/mol. The molecule has 0 unspecified atom stereocenters. The number of benzene rings is 1. The van der Waals surface area contributed by atoms with E-state index in [0.29, 0.717) is 5.69 Å². The van der Waals surface area contributed by atoms with Crippen LogP contribution < -0.4 is 10.6 Å². The second-order valence-corrected chi connectivity index (χ2v) is 4.64. The molecule has 1 aromatic rings. The van der Waals surface area contributed by atoms with Crippen LogP contribution in [0.1, 0.15) is 6.42 Å². The number of anilines is 1. The molecule has 1 rings (SSSR count). The summed E-state index contributed by atoms with van der Waals surface area (Å²) >= 11 is 1.42. The van der Waals surface area contributed by atoms with Gasteiger partial charge >= 0.3 is 18.0 Å². The maximum Gasteiger partial charge on any atom is 0.326 e. The van der Waals surface area contributed by atoms with E-state index < -0.39 is 30.4 Å². The Hall–Kier alpha value is -2.22. The van der Waals surface area contributed by atoms with Gasteiger partial charge < -0.3 is 20.8 Å². The fourth-order valence-electron chi connectivity index (χ4n) is 1.44. The van der Waals surface area contributed by atoms with Gasteiger partial charge in [-0.3, -0.25) is 4.79 Å². The SMILES string of the molecule is CSc1ccccc1NC(=O)N[C@H](CC(=O)O)C(=O)O. The number of thioether (sulfide) groups is 1. The third-order valence-corrected chi connectivity index (χ3v) is 3.13. The minimum Gasteiger partial charge on any atom is -0.481 e. The van der Waals surface area contributed by atoms with E-state index in [4.69, 9.17) is 10.2 Å². The third-order valence-electron chi connectivity index (χ3n) is 2.34. The quantitative estimate of drug-likeness (QED) is 0.591. The first-order valence-corrected chi connectivity index (χ1v) is 6.81. The van der Waals surface area contributed by atoms with E-state index in [1.54, 1.807) is 24.3 Å². The molecule has 108 valence electrons. The van der Waals surface area contributed by atoms with Gasteiger partial charge in [0.15, 0.2) is 0 Å². The molecule has 4 N–H and O–H groups in total. The fourth-order valence-corrected chi connectivity index (χ4v) is 1.99. The second-order valence-electron chi connectivity index (χ2n) is 3.79. The Labute approximate surface area is 119 Å². The standard InChI is InChI=1S/C12H14N2O5S/c1-20-9-5-3-2-4-7(9)13-12(19)14-8(11(17)18)6-10(15)16/h2-5,8H,6H2,1H3,(H,15,16)(H,17,18)(H2,13,14,19)/t8-/m1/s1. The number of rotatable bonds is 6. The van der Waals surface area contributed by atoms with Crippen LogP contribution in [0.2, 0.25) is 0 Å². The van der Waals surface area contributed by atoms with Crippen LogP contribution in [-0.4, -0.2) is 40.5 Å². The molecule has 1 aromatic carbocycles. The number of carbonyl (C=O) groups excluding carboxylic acids is 1. The Kier molecular flexibility index (Phi) is 5.85. The van der Waals surface area contributed by atoms with Crippen LogP contribution in [0.15, 0.2) is 29.2 Å². The van der Waals surface area contributed by atoms with Crippen molar-refractivity contribution in [2.45, 2.75) is 17.4 Å². The summed E-state index contributed by atoms with van der Waals surface area (Å²) in [7, 11) is 0. The second kappa shape index (κ2) is 7.39. The van der Waals surface area contributed by atoms with Crippen LogP contribution >= 0.6 is 11.8 Å².